The molecule has 6 nitrogen and oxygen atoms in total. The molecule has 0 saturated heterocycles. The van der Waals surface area contributed by atoms with Crippen LogP contribution in [0.5, 0.6) is 5.75 Å². The standard InChI is InChI=1S/C20H26N2O4S/c1-14-5-8-18(13-15(14)2)26-12-11-20(23)22(4)16(3)17-6-9-19(10-7-17)27(21,24)25/h5-10,13,16H,11-12H2,1-4H3,(H2,21,24,25). The second-order valence-electron chi connectivity index (χ2n) is 6.64. The fourth-order valence-corrected chi connectivity index (χ4v) is 3.13. The molecule has 0 spiro atoms. The van der Waals surface area contributed by atoms with Crippen molar-refractivity contribution in [3.8, 4) is 5.75 Å². The van der Waals surface area contributed by atoms with Gasteiger partial charge in [-0.1, -0.05) is 18.2 Å². The summed E-state index contributed by atoms with van der Waals surface area (Å²) in [4.78, 5) is 14.1. The minimum Gasteiger partial charge on any atom is -0.493 e. The monoisotopic (exact) mass is 390 g/mol. The lowest BCUT2D eigenvalue weighted by Gasteiger charge is -2.25. The maximum atomic E-state index is 12.4. The molecule has 1 amide bonds. The maximum Gasteiger partial charge on any atom is 0.238 e. The Morgan fingerprint density at radius 2 is 1.74 bits per heavy atom. The number of hydrogen-bond donors (Lipinski definition) is 1. The first kappa shape index (κ1) is 20.9. The summed E-state index contributed by atoms with van der Waals surface area (Å²) in [5, 5.41) is 5.11. The highest BCUT2D eigenvalue weighted by molar-refractivity contribution is 7.89. The molecule has 0 aliphatic rings. The summed E-state index contributed by atoms with van der Waals surface area (Å²) in [5.41, 5.74) is 3.17. The Morgan fingerprint density at radius 1 is 1.11 bits per heavy atom. The van der Waals surface area contributed by atoms with Gasteiger partial charge in [-0.25, -0.2) is 13.6 Å². The predicted molar refractivity (Wildman–Crippen MR) is 105 cm³/mol. The van der Waals surface area contributed by atoms with Gasteiger partial charge in [0.25, 0.3) is 0 Å². The van der Waals surface area contributed by atoms with Crippen LogP contribution in [0.25, 0.3) is 0 Å². The van der Waals surface area contributed by atoms with Crippen molar-refractivity contribution in [1.29, 1.82) is 0 Å². The zero-order valence-electron chi connectivity index (χ0n) is 16.1. The van der Waals surface area contributed by atoms with Gasteiger partial charge in [0.1, 0.15) is 5.75 Å². The Bertz CT molecular complexity index is 908. The molecule has 2 aromatic rings. The quantitative estimate of drug-likeness (QED) is 0.787. The molecule has 0 aliphatic carbocycles. The number of carbonyl (C=O) groups is 1. The van der Waals surface area contributed by atoms with E-state index in [1.165, 1.54) is 17.7 Å². The van der Waals surface area contributed by atoms with Crippen molar-refractivity contribution in [2.75, 3.05) is 13.7 Å². The van der Waals surface area contributed by atoms with E-state index in [0.29, 0.717) is 6.61 Å². The summed E-state index contributed by atoms with van der Waals surface area (Å²) in [5.74, 6) is 0.696. The molecule has 2 N–H and O–H groups in total. The van der Waals surface area contributed by atoms with E-state index in [-0.39, 0.29) is 23.3 Å². The van der Waals surface area contributed by atoms with Crippen molar-refractivity contribution < 1.29 is 17.9 Å². The Labute approximate surface area is 161 Å². The molecular weight excluding hydrogens is 364 g/mol. The van der Waals surface area contributed by atoms with Crippen LogP contribution in [0.1, 0.15) is 36.1 Å². The molecule has 2 rings (SSSR count). The van der Waals surface area contributed by atoms with Gasteiger partial charge in [-0.2, -0.15) is 0 Å². The fourth-order valence-electron chi connectivity index (χ4n) is 2.61. The van der Waals surface area contributed by atoms with Crippen LogP contribution in [0.3, 0.4) is 0 Å². The molecule has 1 atom stereocenters. The minimum atomic E-state index is -3.72. The van der Waals surface area contributed by atoms with Crippen LogP contribution < -0.4 is 9.88 Å². The number of ether oxygens (including phenoxy) is 1. The number of carbonyl (C=O) groups excluding carboxylic acids is 1. The number of rotatable bonds is 7. The number of primary sulfonamides is 1. The molecule has 2 aromatic carbocycles. The second-order valence-corrected chi connectivity index (χ2v) is 8.20. The van der Waals surface area contributed by atoms with E-state index in [9.17, 15) is 13.2 Å². The van der Waals surface area contributed by atoms with Crippen LogP contribution in [0.2, 0.25) is 0 Å². The Kier molecular flexibility index (Phi) is 6.62. The van der Waals surface area contributed by atoms with E-state index in [1.54, 1.807) is 24.1 Å². The van der Waals surface area contributed by atoms with Crippen LogP contribution in [0, 0.1) is 13.8 Å². The van der Waals surface area contributed by atoms with Crippen molar-refractivity contribution in [3.63, 3.8) is 0 Å². The van der Waals surface area contributed by atoms with Gasteiger partial charge in [-0.15, -0.1) is 0 Å². The molecule has 0 bridgehead atoms. The SMILES string of the molecule is Cc1ccc(OCCC(=O)N(C)C(C)c2ccc(S(N)(=O)=O)cc2)cc1C. The molecule has 0 radical (unpaired) electrons. The number of nitrogens with two attached hydrogens (primary N) is 1. The van der Waals surface area contributed by atoms with Gasteiger partial charge < -0.3 is 9.64 Å². The van der Waals surface area contributed by atoms with E-state index >= 15 is 0 Å². The third kappa shape index (κ3) is 5.55. The molecule has 0 aromatic heterocycles. The Morgan fingerprint density at radius 3 is 2.30 bits per heavy atom. The predicted octanol–water partition coefficient (Wildman–Crippen LogP) is 2.94. The number of benzene rings is 2. The van der Waals surface area contributed by atoms with Crippen LogP contribution in [0.15, 0.2) is 47.4 Å². The second kappa shape index (κ2) is 8.54. The lowest BCUT2D eigenvalue weighted by molar-refractivity contribution is -0.132. The van der Waals surface area contributed by atoms with Crippen LogP contribution in [-0.2, 0) is 14.8 Å². The zero-order chi connectivity index (χ0) is 20.2. The van der Waals surface area contributed by atoms with Crippen molar-refractivity contribution in [3.05, 3.63) is 59.2 Å². The van der Waals surface area contributed by atoms with Gasteiger partial charge in [0.15, 0.2) is 0 Å². The molecule has 0 fully saturated rings. The molecule has 0 aliphatic heterocycles. The Hall–Kier alpha value is -2.38. The van der Waals surface area contributed by atoms with E-state index in [1.807, 2.05) is 39.0 Å². The van der Waals surface area contributed by atoms with Gasteiger partial charge in [-0.3, -0.25) is 4.79 Å². The lowest BCUT2D eigenvalue weighted by atomic mass is 10.1. The summed E-state index contributed by atoms with van der Waals surface area (Å²) >= 11 is 0. The third-order valence-electron chi connectivity index (χ3n) is 4.73. The number of nitrogens with zero attached hydrogens (tertiary/aromatic N) is 1. The lowest BCUT2D eigenvalue weighted by Crippen LogP contribution is -2.30. The van der Waals surface area contributed by atoms with Crippen molar-refractivity contribution >= 4 is 15.9 Å². The molecule has 0 saturated carbocycles. The summed E-state index contributed by atoms with van der Waals surface area (Å²) < 4.78 is 28.3. The minimum absolute atomic E-state index is 0.0502. The Balaban J connectivity index is 1.92. The molecule has 1 unspecified atom stereocenters. The van der Waals surface area contributed by atoms with Crippen molar-refractivity contribution in [2.45, 2.75) is 38.1 Å². The maximum absolute atomic E-state index is 12.4. The van der Waals surface area contributed by atoms with Crippen LogP contribution in [0.4, 0.5) is 0 Å². The molecule has 7 heteroatoms. The normalized spacial score (nSPS) is 12.5. The first-order valence-electron chi connectivity index (χ1n) is 8.68. The number of amides is 1. The highest BCUT2D eigenvalue weighted by Gasteiger charge is 2.18. The fraction of sp³-hybridized carbons (Fsp3) is 0.350. The van der Waals surface area contributed by atoms with Gasteiger partial charge >= 0.3 is 0 Å². The first-order valence-corrected chi connectivity index (χ1v) is 10.2. The van der Waals surface area contributed by atoms with E-state index < -0.39 is 10.0 Å². The number of sulfonamides is 1. The highest BCUT2D eigenvalue weighted by atomic mass is 32.2. The summed E-state index contributed by atoms with van der Waals surface area (Å²) in [6.07, 6.45) is 0.253. The number of hydrogen-bond acceptors (Lipinski definition) is 4. The molecule has 0 heterocycles. The highest BCUT2D eigenvalue weighted by Crippen LogP contribution is 2.21. The smallest absolute Gasteiger partial charge is 0.238 e. The van der Waals surface area contributed by atoms with Gasteiger partial charge in [-0.05, 0) is 61.7 Å². The summed E-state index contributed by atoms with van der Waals surface area (Å²) in [7, 11) is -2.00. The average molecular weight is 391 g/mol. The van der Waals surface area contributed by atoms with Gasteiger partial charge in [0.2, 0.25) is 15.9 Å². The van der Waals surface area contributed by atoms with E-state index in [0.717, 1.165) is 16.9 Å². The van der Waals surface area contributed by atoms with Crippen molar-refractivity contribution in [1.82, 2.24) is 4.90 Å². The number of aryl methyl sites for hydroxylation is 2. The van der Waals surface area contributed by atoms with Gasteiger partial charge in [0.05, 0.1) is 24.0 Å². The van der Waals surface area contributed by atoms with E-state index in [4.69, 9.17) is 9.88 Å². The first-order chi connectivity index (χ1) is 12.6. The van der Waals surface area contributed by atoms with Crippen LogP contribution >= 0.6 is 0 Å². The largest absolute Gasteiger partial charge is 0.493 e. The topological polar surface area (TPSA) is 89.7 Å². The summed E-state index contributed by atoms with van der Waals surface area (Å²) in [6, 6.07) is 11.9. The van der Waals surface area contributed by atoms with Crippen molar-refractivity contribution in [2.24, 2.45) is 5.14 Å². The third-order valence-corrected chi connectivity index (χ3v) is 5.66. The van der Waals surface area contributed by atoms with E-state index in [2.05, 4.69) is 0 Å². The average Bonchev–Trinajstić information content (AvgIpc) is 2.62. The summed E-state index contributed by atoms with van der Waals surface area (Å²) in [6.45, 7) is 6.23. The molecule has 146 valence electrons. The van der Waals surface area contributed by atoms with Crippen LogP contribution in [-0.4, -0.2) is 32.9 Å². The zero-order valence-corrected chi connectivity index (χ0v) is 16.9. The molecular formula is C20H26N2O4S. The molecule has 27 heavy (non-hydrogen) atoms. The van der Waals surface area contributed by atoms with Gasteiger partial charge in [0, 0.05) is 7.05 Å².